The van der Waals surface area contributed by atoms with E-state index in [1.54, 1.807) is 25.1 Å². The highest BCUT2D eigenvalue weighted by molar-refractivity contribution is 9.10. The van der Waals surface area contributed by atoms with Crippen LogP contribution in [0.15, 0.2) is 22.7 Å². The van der Waals surface area contributed by atoms with E-state index in [0.29, 0.717) is 21.7 Å². The van der Waals surface area contributed by atoms with Gasteiger partial charge in [-0.3, -0.25) is 0 Å². The second-order valence-electron chi connectivity index (χ2n) is 2.93. The van der Waals surface area contributed by atoms with Crippen LogP contribution < -0.4 is 4.74 Å². The maximum Gasteiger partial charge on any atom is 0.344 e. The Labute approximate surface area is 101 Å². The number of halogens is 2. The van der Waals surface area contributed by atoms with Gasteiger partial charge in [-0.1, -0.05) is 18.5 Å². The summed E-state index contributed by atoms with van der Waals surface area (Å²) < 4.78 is 5.95. The third-order valence-electron chi connectivity index (χ3n) is 1.81. The van der Waals surface area contributed by atoms with Gasteiger partial charge in [-0.05, 0) is 40.5 Å². The molecule has 0 aliphatic rings. The lowest BCUT2D eigenvalue weighted by molar-refractivity contribution is -0.145. The lowest BCUT2D eigenvalue weighted by atomic mass is 10.2. The van der Waals surface area contributed by atoms with Crippen molar-refractivity contribution in [2.75, 3.05) is 0 Å². The molecule has 0 aliphatic carbocycles. The van der Waals surface area contributed by atoms with Gasteiger partial charge in [0.25, 0.3) is 0 Å². The van der Waals surface area contributed by atoms with E-state index in [4.69, 9.17) is 21.4 Å². The first-order valence-corrected chi connectivity index (χ1v) is 5.56. The van der Waals surface area contributed by atoms with E-state index in [1.807, 2.05) is 0 Å². The van der Waals surface area contributed by atoms with Crippen molar-refractivity contribution < 1.29 is 14.6 Å². The van der Waals surface area contributed by atoms with Gasteiger partial charge in [0.1, 0.15) is 5.75 Å². The monoisotopic (exact) mass is 292 g/mol. The molecule has 1 aromatic rings. The standard InChI is InChI=1S/C10H10BrClO3/c1-2-8(10(13)14)15-9-4-3-6(12)5-7(9)11/h3-5,8H,2H2,1H3,(H,13,14). The quantitative estimate of drug-likeness (QED) is 0.926. The fourth-order valence-electron chi connectivity index (χ4n) is 1.03. The molecule has 0 aromatic heterocycles. The Kier molecular flexibility index (Phi) is 4.42. The van der Waals surface area contributed by atoms with Gasteiger partial charge in [-0.2, -0.15) is 0 Å². The molecule has 5 heteroatoms. The first-order chi connectivity index (χ1) is 7.04. The molecule has 15 heavy (non-hydrogen) atoms. The average molecular weight is 294 g/mol. The molecule has 1 N–H and O–H groups in total. The summed E-state index contributed by atoms with van der Waals surface area (Å²) in [5, 5.41) is 9.38. The largest absolute Gasteiger partial charge is 0.479 e. The second-order valence-corrected chi connectivity index (χ2v) is 4.22. The van der Waals surface area contributed by atoms with Crippen LogP contribution >= 0.6 is 27.5 Å². The van der Waals surface area contributed by atoms with Crippen molar-refractivity contribution in [3.8, 4) is 5.75 Å². The summed E-state index contributed by atoms with van der Waals surface area (Å²) >= 11 is 9.00. The lowest BCUT2D eigenvalue weighted by Crippen LogP contribution is -2.26. The normalized spacial score (nSPS) is 12.2. The minimum atomic E-state index is -0.973. The van der Waals surface area contributed by atoms with E-state index in [0.717, 1.165) is 0 Å². The smallest absolute Gasteiger partial charge is 0.344 e. The Bertz CT molecular complexity index is 368. The van der Waals surface area contributed by atoms with Gasteiger partial charge < -0.3 is 9.84 Å². The molecule has 0 spiro atoms. The van der Waals surface area contributed by atoms with Crippen LogP contribution in [0.1, 0.15) is 13.3 Å². The van der Waals surface area contributed by atoms with E-state index >= 15 is 0 Å². The molecule has 0 saturated carbocycles. The molecule has 0 fully saturated rings. The summed E-state index contributed by atoms with van der Waals surface area (Å²) in [6.07, 6.45) is -0.424. The zero-order chi connectivity index (χ0) is 11.4. The van der Waals surface area contributed by atoms with Gasteiger partial charge >= 0.3 is 5.97 Å². The Morgan fingerprint density at radius 2 is 2.33 bits per heavy atom. The van der Waals surface area contributed by atoms with Gasteiger partial charge in [0, 0.05) is 5.02 Å². The summed E-state index contributed by atoms with van der Waals surface area (Å²) in [5.41, 5.74) is 0. The van der Waals surface area contributed by atoms with Crippen LogP contribution in [0, 0.1) is 0 Å². The van der Waals surface area contributed by atoms with Gasteiger partial charge in [0.15, 0.2) is 6.10 Å². The fourth-order valence-corrected chi connectivity index (χ4v) is 1.81. The Hall–Kier alpha value is -0.740. The lowest BCUT2D eigenvalue weighted by Gasteiger charge is -2.14. The van der Waals surface area contributed by atoms with E-state index in [-0.39, 0.29) is 0 Å². The number of carboxylic acids is 1. The molecule has 3 nitrogen and oxygen atoms in total. The average Bonchev–Trinajstić information content (AvgIpc) is 2.16. The minimum absolute atomic E-state index is 0.407. The van der Waals surface area contributed by atoms with Gasteiger partial charge in [0.05, 0.1) is 4.47 Å². The van der Waals surface area contributed by atoms with E-state index in [2.05, 4.69) is 15.9 Å². The number of rotatable bonds is 4. The third-order valence-corrected chi connectivity index (χ3v) is 2.66. The van der Waals surface area contributed by atoms with Gasteiger partial charge in [0.2, 0.25) is 0 Å². The summed E-state index contributed by atoms with van der Waals surface area (Å²) in [5.74, 6) is -0.493. The van der Waals surface area contributed by atoms with Crippen LogP contribution in [0.5, 0.6) is 5.75 Å². The van der Waals surface area contributed by atoms with E-state index in [9.17, 15) is 4.79 Å². The zero-order valence-corrected chi connectivity index (χ0v) is 10.4. The molecule has 0 heterocycles. The second kappa shape index (κ2) is 5.37. The first kappa shape index (κ1) is 12.3. The first-order valence-electron chi connectivity index (χ1n) is 4.39. The predicted octanol–water partition coefficient (Wildman–Crippen LogP) is 3.34. The van der Waals surface area contributed by atoms with E-state index < -0.39 is 12.1 Å². The molecule has 0 bridgehead atoms. The SMILES string of the molecule is CCC(Oc1ccc(Cl)cc1Br)C(=O)O. The minimum Gasteiger partial charge on any atom is -0.479 e. The molecule has 0 saturated heterocycles. The van der Waals surface area contributed by atoms with Crippen LogP contribution in [-0.2, 0) is 4.79 Å². The Balaban J connectivity index is 2.84. The molecular weight excluding hydrogens is 283 g/mol. The number of aliphatic carboxylic acids is 1. The molecule has 1 aromatic carbocycles. The molecule has 1 unspecified atom stereocenters. The maximum absolute atomic E-state index is 10.7. The van der Waals surface area contributed by atoms with Crippen LogP contribution in [0.4, 0.5) is 0 Å². The molecule has 1 atom stereocenters. The number of benzene rings is 1. The van der Waals surface area contributed by atoms with Crippen molar-refractivity contribution in [2.45, 2.75) is 19.4 Å². The number of carbonyl (C=O) groups is 1. The Morgan fingerprint density at radius 3 is 2.80 bits per heavy atom. The molecule has 0 radical (unpaired) electrons. The fraction of sp³-hybridized carbons (Fsp3) is 0.300. The van der Waals surface area contributed by atoms with Gasteiger partial charge in [-0.15, -0.1) is 0 Å². The zero-order valence-electron chi connectivity index (χ0n) is 8.04. The molecular formula is C10H10BrClO3. The molecule has 82 valence electrons. The van der Waals surface area contributed by atoms with Crippen molar-refractivity contribution in [1.29, 1.82) is 0 Å². The van der Waals surface area contributed by atoms with Crippen LogP contribution in [0.25, 0.3) is 0 Å². The van der Waals surface area contributed by atoms with Crippen LogP contribution in [0.3, 0.4) is 0 Å². The maximum atomic E-state index is 10.7. The van der Waals surface area contributed by atoms with Crippen LogP contribution in [-0.4, -0.2) is 17.2 Å². The summed E-state index contributed by atoms with van der Waals surface area (Å²) in [4.78, 5) is 10.7. The number of hydrogen-bond donors (Lipinski definition) is 1. The van der Waals surface area contributed by atoms with Crippen molar-refractivity contribution in [3.63, 3.8) is 0 Å². The molecule has 0 aliphatic heterocycles. The Morgan fingerprint density at radius 1 is 1.67 bits per heavy atom. The van der Waals surface area contributed by atoms with Gasteiger partial charge in [-0.25, -0.2) is 4.79 Å². The third kappa shape index (κ3) is 3.39. The van der Waals surface area contributed by atoms with Crippen molar-refractivity contribution in [3.05, 3.63) is 27.7 Å². The molecule has 0 amide bonds. The predicted molar refractivity (Wildman–Crippen MR) is 61.5 cm³/mol. The molecule has 1 rings (SSSR count). The van der Waals surface area contributed by atoms with Crippen molar-refractivity contribution >= 4 is 33.5 Å². The van der Waals surface area contributed by atoms with Crippen molar-refractivity contribution in [2.24, 2.45) is 0 Å². The summed E-state index contributed by atoms with van der Waals surface area (Å²) in [6.45, 7) is 1.75. The topological polar surface area (TPSA) is 46.5 Å². The van der Waals surface area contributed by atoms with Crippen LogP contribution in [0.2, 0.25) is 5.02 Å². The number of carboxylic acid groups (broad SMARTS) is 1. The highest BCUT2D eigenvalue weighted by atomic mass is 79.9. The van der Waals surface area contributed by atoms with E-state index in [1.165, 1.54) is 0 Å². The van der Waals surface area contributed by atoms with Crippen molar-refractivity contribution in [1.82, 2.24) is 0 Å². The summed E-state index contributed by atoms with van der Waals surface area (Å²) in [6, 6.07) is 4.94. The number of ether oxygens (including phenoxy) is 1. The highest BCUT2D eigenvalue weighted by Crippen LogP contribution is 2.29. The highest BCUT2D eigenvalue weighted by Gasteiger charge is 2.17. The number of hydrogen-bond acceptors (Lipinski definition) is 2. The summed E-state index contributed by atoms with van der Waals surface area (Å²) in [7, 11) is 0.